The number of nitrogens with one attached hydrogen (secondary N) is 1. The van der Waals surface area contributed by atoms with Gasteiger partial charge in [0.15, 0.2) is 0 Å². The second-order valence-electron chi connectivity index (χ2n) is 5.85. The van der Waals surface area contributed by atoms with E-state index in [0.29, 0.717) is 16.8 Å². The molecule has 8 heteroatoms. The number of esters is 2. The molecule has 0 bridgehead atoms. The van der Waals surface area contributed by atoms with Crippen LogP contribution < -0.4 is 5.56 Å². The largest absolute Gasteiger partial charge is 0.466 e. The van der Waals surface area contributed by atoms with Gasteiger partial charge in [-0.25, -0.2) is 9.78 Å². The standard InChI is InChI=1S/C17H20N2O5S/c1-3-23-11(20)8-9-6-5-7-10-12(9)13-15(21)18-14(17(22)24-4-2)19-16(13)25-10/h9H,3-8H2,1-2H3,(H,18,19,21). The first-order chi connectivity index (χ1) is 12.0. The predicted molar refractivity (Wildman–Crippen MR) is 93.1 cm³/mol. The minimum Gasteiger partial charge on any atom is -0.466 e. The van der Waals surface area contributed by atoms with Gasteiger partial charge >= 0.3 is 11.9 Å². The molecule has 0 aromatic carbocycles. The van der Waals surface area contributed by atoms with Crippen LogP contribution in [0.3, 0.4) is 0 Å². The van der Waals surface area contributed by atoms with E-state index in [-0.39, 0.29) is 36.3 Å². The van der Waals surface area contributed by atoms with Crippen LogP contribution in [0.1, 0.15) is 60.1 Å². The topological polar surface area (TPSA) is 98.3 Å². The van der Waals surface area contributed by atoms with Crippen molar-refractivity contribution in [3.63, 3.8) is 0 Å². The van der Waals surface area contributed by atoms with Crippen molar-refractivity contribution >= 4 is 33.5 Å². The number of ether oxygens (including phenoxy) is 2. The Kier molecular flexibility index (Phi) is 5.17. The lowest BCUT2D eigenvalue weighted by Crippen LogP contribution is -2.20. The fourth-order valence-corrected chi connectivity index (χ4v) is 4.57. The number of fused-ring (bicyclic) bond motifs is 3. The average Bonchev–Trinajstić information content (AvgIpc) is 2.95. The van der Waals surface area contributed by atoms with Gasteiger partial charge in [-0.05, 0) is 44.6 Å². The smallest absolute Gasteiger partial charge is 0.374 e. The summed E-state index contributed by atoms with van der Waals surface area (Å²) < 4.78 is 9.96. The van der Waals surface area contributed by atoms with Gasteiger partial charge in [0, 0.05) is 4.88 Å². The molecular formula is C17H20N2O5S. The number of hydrogen-bond acceptors (Lipinski definition) is 7. The number of carbonyl (C=O) groups excluding carboxylic acids is 2. The summed E-state index contributed by atoms with van der Waals surface area (Å²) in [5.74, 6) is -1.03. The van der Waals surface area contributed by atoms with E-state index in [4.69, 9.17) is 9.47 Å². The lowest BCUT2D eigenvalue weighted by Gasteiger charge is -2.21. The first kappa shape index (κ1) is 17.6. The Morgan fingerprint density at radius 3 is 2.76 bits per heavy atom. The van der Waals surface area contributed by atoms with E-state index in [1.54, 1.807) is 13.8 Å². The van der Waals surface area contributed by atoms with Gasteiger partial charge in [0.1, 0.15) is 4.83 Å². The van der Waals surface area contributed by atoms with Gasteiger partial charge < -0.3 is 14.5 Å². The van der Waals surface area contributed by atoms with Crippen molar-refractivity contribution < 1.29 is 19.1 Å². The number of rotatable bonds is 5. The highest BCUT2D eigenvalue weighted by Crippen LogP contribution is 2.42. The minimum absolute atomic E-state index is 0.0482. The lowest BCUT2D eigenvalue weighted by atomic mass is 9.84. The second-order valence-corrected chi connectivity index (χ2v) is 6.94. The van der Waals surface area contributed by atoms with Crippen LogP contribution in [0.2, 0.25) is 0 Å². The predicted octanol–water partition coefficient (Wildman–Crippen LogP) is 2.53. The Bertz CT molecular complexity index is 870. The van der Waals surface area contributed by atoms with Gasteiger partial charge in [0.25, 0.3) is 5.56 Å². The lowest BCUT2D eigenvalue weighted by molar-refractivity contribution is -0.143. The number of carbonyl (C=O) groups is 2. The third kappa shape index (κ3) is 3.44. The van der Waals surface area contributed by atoms with Crippen molar-refractivity contribution in [1.82, 2.24) is 9.97 Å². The van der Waals surface area contributed by atoms with Crippen LogP contribution in [0.15, 0.2) is 4.79 Å². The third-order valence-electron chi connectivity index (χ3n) is 4.23. The molecule has 1 aliphatic carbocycles. The van der Waals surface area contributed by atoms with Crippen LogP contribution in [-0.4, -0.2) is 35.1 Å². The van der Waals surface area contributed by atoms with Crippen molar-refractivity contribution in [1.29, 1.82) is 0 Å². The van der Waals surface area contributed by atoms with Gasteiger partial charge in [-0.2, -0.15) is 0 Å². The zero-order chi connectivity index (χ0) is 18.0. The first-order valence-corrected chi connectivity index (χ1v) is 9.25. The zero-order valence-corrected chi connectivity index (χ0v) is 15.0. The first-order valence-electron chi connectivity index (χ1n) is 8.43. The number of aryl methyl sites for hydroxylation is 1. The van der Waals surface area contributed by atoms with E-state index >= 15 is 0 Å². The summed E-state index contributed by atoms with van der Waals surface area (Å²) in [6.45, 7) is 4.02. The van der Waals surface area contributed by atoms with Crippen LogP contribution in [0, 0.1) is 0 Å². The molecule has 7 nitrogen and oxygen atoms in total. The van der Waals surface area contributed by atoms with Gasteiger partial charge in [0.2, 0.25) is 5.82 Å². The Hall–Kier alpha value is -2.22. The van der Waals surface area contributed by atoms with Crippen LogP contribution in [-0.2, 0) is 20.7 Å². The van der Waals surface area contributed by atoms with E-state index in [9.17, 15) is 14.4 Å². The molecule has 0 fully saturated rings. The summed E-state index contributed by atoms with van der Waals surface area (Å²) >= 11 is 1.42. The summed E-state index contributed by atoms with van der Waals surface area (Å²) in [6.07, 6.45) is 2.89. The van der Waals surface area contributed by atoms with E-state index in [2.05, 4.69) is 9.97 Å². The quantitative estimate of drug-likeness (QED) is 0.819. The Morgan fingerprint density at radius 1 is 1.28 bits per heavy atom. The zero-order valence-electron chi connectivity index (χ0n) is 14.2. The van der Waals surface area contributed by atoms with Crippen molar-refractivity contribution in [2.75, 3.05) is 13.2 Å². The highest BCUT2D eigenvalue weighted by molar-refractivity contribution is 7.18. The molecule has 0 radical (unpaired) electrons. The van der Waals surface area contributed by atoms with Gasteiger partial charge in [-0.1, -0.05) is 0 Å². The summed E-state index contributed by atoms with van der Waals surface area (Å²) in [6, 6.07) is 0. The average molecular weight is 364 g/mol. The summed E-state index contributed by atoms with van der Waals surface area (Å²) in [5.41, 5.74) is 0.532. The van der Waals surface area contributed by atoms with Crippen molar-refractivity contribution in [3.05, 3.63) is 26.6 Å². The second kappa shape index (κ2) is 7.35. The summed E-state index contributed by atoms with van der Waals surface area (Å²) in [4.78, 5) is 44.7. The van der Waals surface area contributed by atoms with Gasteiger partial charge in [0.05, 0.1) is 25.0 Å². The van der Waals surface area contributed by atoms with Crippen LogP contribution in [0.4, 0.5) is 0 Å². The molecule has 2 heterocycles. The number of aromatic nitrogens is 2. The molecule has 0 spiro atoms. The number of H-pyrrole nitrogens is 1. The van der Waals surface area contributed by atoms with E-state index in [1.807, 2.05) is 0 Å². The van der Waals surface area contributed by atoms with Crippen molar-refractivity contribution in [3.8, 4) is 0 Å². The fraction of sp³-hybridized carbons (Fsp3) is 0.529. The molecule has 0 amide bonds. The monoisotopic (exact) mass is 364 g/mol. The van der Waals surface area contributed by atoms with Gasteiger partial charge in [-0.15, -0.1) is 11.3 Å². The molecule has 0 saturated heterocycles. The van der Waals surface area contributed by atoms with Crippen LogP contribution >= 0.6 is 11.3 Å². The summed E-state index contributed by atoms with van der Waals surface area (Å²) in [7, 11) is 0. The molecule has 2 aromatic heterocycles. The SMILES string of the molecule is CCOC(=O)CC1CCCc2sc3nc(C(=O)OCC)[nH]c(=O)c3c21. The highest BCUT2D eigenvalue weighted by Gasteiger charge is 2.30. The molecule has 0 saturated carbocycles. The third-order valence-corrected chi connectivity index (χ3v) is 5.39. The highest BCUT2D eigenvalue weighted by atomic mass is 32.1. The maximum absolute atomic E-state index is 12.6. The van der Waals surface area contributed by atoms with Crippen molar-refractivity contribution in [2.45, 2.75) is 45.4 Å². The Morgan fingerprint density at radius 2 is 2.04 bits per heavy atom. The normalized spacial score (nSPS) is 16.5. The van der Waals surface area contributed by atoms with E-state index in [1.165, 1.54) is 11.3 Å². The van der Waals surface area contributed by atoms with Crippen LogP contribution in [0.25, 0.3) is 10.2 Å². The Labute approximate surface area is 148 Å². The molecule has 1 N–H and O–H groups in total. The van der Waals surface area contributed by atoms with E-state index < -0.39 is 5.97 Å². The van der Waals surface area contributed by atoms with Crippen LogP contribution in [0.5, 0.6) is 0 Å². The maximum Gasteiger partial charge on any atom is 0.374 e. The molecule has 134 valence electrons. The minimum atomic E-state index is -0.643. The molecule has 0 aliphatic heterocycles. The molecule has 25 heavy (non-hydrogen) atoms. The molecule has 3 rings (SSSR count). The molecule has 2 aromatic rings. The molecule has 1 unspecified atom stereocenters. The molecular weight excluding hydrogens is 344 g/mol. The number of aromatic amines is 1. The molecule has 1 aliphatic rings. The summed E-state index contributed by atoms with van der Waals surface area (Å²) in [5, 5.41) is 0.488. The van der Waals surface area contributed by atoms with Crippen molar-refractivity contribution in [2.24, 2.45) is 0 Å². The molecule has 1 atom stereocenters. The number of nitrogens with zero attached hydrogens (tertiary/aromatic N) is 1. The van der Waals surface area contributed by atoms with E-state index in [0.717, 1.165) is 29.7 Å². The number of thiophene rings is 1. The van der Waals surface area contributed by atoms with Gasteiger partial charge in [-0.3, -0.25) is 9.59 Å². The number of hydrogen-bond donors (Lipinski definition) is 1. The maximum atomic E-state index is 12.6. The fourth-order valence-electron chi connectivity index (χ4n) is 3.27. The Balaban J connectivity index is 2.04.